The Morgan fingerprint density at radius 2 is 1.79 bits per heavy atom. The summed E-state index contributed by atoms with van der Waals surface area (Å²) in [6.45, 7) is 2.74. The predicted octanol–water partition coefficient (Wildman–Crippen LogP) is -0.180. The van der Waals surface area contributed by atoms with Crippen LogP contribution in [-0.2, 0) is 21.4 Å². The number of rotatable bonds is 7. The minimum absolute atomic E-state index is 0.120. The van der Waals surface area contributed by atoms with Crippen molar-refractivity contribution in [2.45, 2.75) is 18.4 Å². The van der Waals surface area contributed by atoms with Crippen molar-refractivity contribution in [1.29, 1.82) is 0 Å². The van der Waals surface area contributed by atoms with Crippen LogP contribution in [0.3, 0.4) is 0 Å². The number of carbonyl (C=O) groups is 1. The second-order valence-electron chi connectivity index (χ2n) is 4.06. The molecule has 7 heteroatoms. The fourth-order valence-electron chi connectivity index (χ4n) is 1.41. The minimum atomic E-state index is -3.46. The van der Waals surface area contributed by atoms with E-state index in [1.807, 2.05) is 0 Å². The number of carbonyl (C=O) groups excluding carboxylic acids is 1. The van der Waals surface area contributed by atoms with Crippen LogP contribution in [0.2, 0.25) is 0 Å². The van der Waals surface area contributed by atoms with E-state index in [1.165, 1.54) is 19.1 Å². The van der Waals surface area contributed by atoms with E-state index in [2.05, 4.69) is 15.4 Å². The molecule has 0 aliphatic carbocycles. The van der Waals surface area contributed by atoms with Gasteiger partial charge in [-0.3, -0.25) is 4.79 Å². The summed E-state index contributed by atoms with van der Waals surface area (Å²) in [7, 11) is -1.70. The molecule has 0 fully saturated rings. The fourth-order valence-corrected chi connectivity index (χ4v) is 2.44. The van der Waals surface area contributed by atoms with Crippen LogP contribution >= 0.6 is 0 Å². The summed E-state index contributed by atoms with van der Waals surface area (Å²) in [5.74, 6) is -0.120. The van der Waals surface area contributed by atoms with Crippen LogP contribution in [-0.4, -0.2) is 34.5 Å². The lowest BCUT2D eigenvalue weighted by molar-refractivity contribution is -0.119. The summed E-state index contributed by atoms with van der Waals surface area (Å²) < 4.78 is 26.2. The van der Waals surface area contributed by atoms with Gasteiger partial charge in [0.15, 0.2) is 0 Å². The summed E-state index contributed by atoms with van der Waals surface area (Å²) >= 11 is 0. The van der Waals surface area contributed by atoms with Gasteiger partial charge in [0.25, 0.3) is 0 Å². The third-order valence-electron chi connectivity index (χ3n) is 2.44. The Morgan fingerprint density at radius 3 is 2.32 bits per heavy atom. The average molecular weight is 285 g/mol. The summed E-state index contributed by atoms with van der Waals surface area (Å²) in [6, 6.07) is 6.42. The predicted molar refractivity (Wildman–Crippen MR) is 73.1 cm³/mol. The molecule has 19 heavy (non-hydrogen) atoms. The largest absolute Gasteiger partial charge is 0.352 e. The van der Waals surface area contributed by atoms with Crippen molar-refractivity contribution in [3.05, 3.63) is 29.8 Å². The van der Waals surface area contributed by atoms with E-state index in [-0.39, 0.29) is 10.8 Å². The SMILES string of the molecule is CNCCNS(=O)(=O)c1ccc(CNC(C)=O)cc1. The number of amides is 1. The van der Waals surface area contributed by atoms with E-state index in [1.54, 1.807) is 19.2 Å². The van der Waals surface area contributed by atoms with Gasteiger partial charge in [0, 0.05) is 26.6 Å². The van der Waals surface area contributed by atoms with Crippen LogP contribution < -0.4 is 15.4 Å². The number of likely N-dealkylation sites (N-methyl/N-ethyl adjacent to an activating group) is 1. The molecule has 0 bridgehead atoms. The van der Waals surface area contributed by atoms with E-state index in [0.29, 0.717) is 19.6 Å². The standard InChI is InChI=1S/C12H19N3O3S/c1-10(16)14-9-11-3-5-12(6-4-11)19(17,18)15-8-7-13-2/h3-6,13,15H,7-9H2,1-2H3,(H,14,16). The van der Waals surface area contributed by atoms with Crippen LogP contribution in [0.25, 0.3) is 0 Å². The van der Waals surface area contributed by atoms with E-state index in [0.717, 1.165) is 5.56 Å². The lowest BCUT2D eigenvalue weighted by Gasteiger charge is -2.07. The maximum absolute atomic E-state index is 11.9. The quantitative estimate of drug-likeness (QED) is 0.607. The topological polar surface area (TPSA) is 87.3 Å². The molecule has 1 aromatic rings. The molecule has 0 heterocycles. The summed E-state index contributed by atoms with van der Waals surface area (Å²) in [6.07, 6.45) is 0. The Morgan fingerprint density at radius 1 is 1.16 bits per heavy atom. The normalized spacial score (nSPS) is 11.3. The van der Waals surface area contributed by atoms with E-state index >= 15 is 0 Å². The summed E-state index contributed by atoms with van der Waals surface area (Å²) in [5, 5.41) is 5.51. The molecule has 0 spiro atoms. The fraction of sp³-hybridized carbons (Fsp3) is 0.417. The molecule has 0 aromatic heterocycles. The first-order valence-electron chi connectivity index (χ1n) is 5.93. The molecule has 6 nitrogen and oxygen atoms in total. The van der Waals surface area contributed by atoms with Gasteiger partial charge in [-0.25, -0.2) is 13.1 Å². The number of hydrogen-bond acceptors (Lipinski definition) is 4. The lowest BCUT2D eigenvalue weighted by Crippen LogP contribution is -2.30. The molecule has 106 valence electrons. The number of nitrogens with one attached hydrogen (secondary N) is 3. The second kappa shape index (κ2) is 7.22. The Kier molecular flexibility index (Phi) is 5.94. The molecule has 1 aromatic carbocycles. The highest BCUT2D eigenvalue weighted by Crippen LogP contribution is 2.10. The monoisotopic (exact) mass is 285 g/mol. The maximum atomic E-state index is 11.9. The lowest BCUT2D eigenvalue weighted by atomic mass is 10.2. The third-order valence-corrected chi connectivity index (χ3v) is 3.92. The summed E-state index contributed by atoms with van der Waals surface area (Å²) in [5.41, 5.74) is 0.851. The average Bonchev–Trinajstić information content (AvgIpc) is 2.37. The van der Waals surface area contributed by atoms with Gasteiger partial charge in [-0.05, 0) is 24.7 Å². The zero-order valence-electron chi connectivity index (χ0n) is 11.1. The third kappa shape index (κ3) is 5.37. The zero-order valence-corrected chi connectivity index (χ0v) is 11.9. The van der Waals surface area contributed by atoms with Crippen LogP contribution in [0.5, 0.6) is 0 Å². The number of benzene rings is 1. The molecule has 3 N–H and O–H groups in total. The molecule has 0 unspecified atom stereocenters. The zero-order chi connectivity index (χ0) is 14.3. The van der Waals surface area contributed by atoms with E-state index < -0.39 is 10.0 Å². The molecule has 0 atom stereocenters. The van der Waals surface area contributed by atoms with Crippen molar-refractivity contribution in [2.75, 3.05) is 20.1 Å². The highest BCUT2D eigenvalue weighted by Gasteiger charge is 2.12. The second-order valence-corrected chi connectivity index (χ2v) is 5.82. The Hall–Kier alpha value is -1.44. The van der Waals surface area contributed by atoms with Gasteiger partial charge < -0.3 is 10.6 Å². The highest BCUT2D eigenvalue weighted by atomic mass is 32.2. The van der Waals surface area contributed by atoms with Gasteiger partial charge in [-0.2, -0.15) is 0 Å². The van der Waals surface area contributed by atoms with Crippen LogP contribution in [0, 0.1) is 0 Å². The molecule has 0 radical (unpaired) electrons. The van der Waals surface area contributed by atoms with E-state index in [9.17, 15) is 13.2 Å². The van der Waals surface area contributed by atoms with Gasteiger partial charge in [-0.1, -0.05) is 12.1 Å². The Labute approximate surface area is 113 Å². The van der Waals surface area contributed by atoms with Gasteiger partial charge in [0.2, 0.25) is 15.9 Å². The highest BCUT2D eigenvalue weighted by molar-refractivity contribution is 7.89. The van der Waals surface area contributed by atoms with E-state index in [4.69, 9.17) is 0 Å². The van der Waals surface area contributed by atoms with Gasteiger partial charge in [0.05, 0.1) is 4.90 Å². The summed E-state index contributed by atoms with van der Waals surface area (Å²) in [4.78, 5) is 11.0. The van der Waals surface area contributed by atoms with Crippen LogP contribution in [0.4, 0.5) is 0 Å². The van der Waals surface area contributed by atoms with Crippen molar-refractivity contribution in [1.82, 2.24) is 15.4 Å². The number of sulfonamides is 1. The first-order valence-corrected chi connectivity index (χ1v) is 7.41. The van der Waals surface area contributed by atoms with Gasteiger partial charge in [0.1, 0.15) is 0 Å². The molecule has 0 saturated carbocycles. The van der Waals surface area contributed by atoms with Crippen LogP contribution in [0.1, 0.15) is 12.5 Å². The molecule has 1 rings (SSSR count). The van der Waals surface area contributed by atoms with Crippen molar-refractivity contribution in [3.8, 4) is 0 Å². The first-order chi connectivity index (χ1) is 8.95. The molecular weight excluding hydrogens is 266 g/mol. The van der Waals surface area contributed by atoms with Crippen molar-refractivity contribution in [3.63, 3.8) is 0 Å². The Bertz CT molecular complexity index is 512. The molecule has 0 saturated heterocycles. The molecule has 1 amide bonds. The van der Waals surface area contributed by atoms with Gasteiger partial charge in [-0.15, -0.1) is 0 Å². The molecular formula is C12H19N3O3S. The smallest absolute Gasteiger partial charge is 0.240 e. The number of hydrogen-bond donors (Lipinski definition) is 3. The van der Waals surface area contributed by atoms with Crippen LogP contribution in [0.15, 0.2) is 29.2 Å². The first kappa shape index (κ1) is 15.6. The molecule has 0 aliphatic heterocycles. The van der Waals surface area contributed by atoms with Crippen molar-refractivity contribution in [2.24, 2.45) is 0 Å². The van der Waals surface area contributed by atoms with Gasteiger partial charge >= 0.3 is 0 Å². The maximum Gasteiger partial charge on any atom is 0.240 e. The minimum Gasteiger partial charge on any atom is -0.352 e. The van der Waals surface area contributed by atoms with Crippen molar-refractivity contribution >= 4 is 15.9 Å². The van der Waals surface area contributed by atoms with Crippen molar-refractivity contribution < 1.29 is 13.2 Å². The Balaban J connectivity index is 2.66. The molecule has 0 aliphatic rings.